The standard InChI is InChI=1S/C13H17BrN2O/c1-9-2-5-12(14)11(8-9)13(17)16-7-6-15-10-3-4-10/h2,5,8,10,15H,3-4,6-7H2,1H3,(H,16,17). The molecule has 2 rings (SSSR count). The van der Waals surface area contributed by atoms with Gasteiger partial charge in [0.1, 0.15) is 0 Å². The van der Waals surface area contributed by atoms with Gasteiger partial charge in [-0.2, -0.15) is 0 Å². The summed E-state index contributed by atoms with van der Waals surface area (Å²) in [4.78, 5) is 11.9. The van der Waals surface area contributed by atoms with Gasteiger partial charge in [-0.3, -0.25) is 4.79 Å². The average Bonchev–Trinajstić information content (AvgIpc) is 3.11. The van der Waals surface area contributed by atoms with Gasteiger partial charge in [0.05, 0.1) is 5.56 Å². The van der Waals surface area contributed by atoms with Crippen molar-refractivity contribution >= 4 is 21.8 Å². The molecule has 92 valence electrons. The molecule has 4 heteroatoms. The molecule has 0 bridgehead atoms. The summed E-state index contributed by atoms with van der Waals surface area (Å²) >= 11 is 3.40. The maximum atomic E-state index is 11.9. The molecular formula is C13H17BrN2O. The number of hydrogen-bond donors (Lipinski definition) is 2. The molecule has 17 heavy (non-hydrogen) atoms. The van der Waals surface area contributed by atoms with Crippen LogP contribution >= 0.6 is 15.9 Å². The molecule has 0 saturated heterocycles. The predicted octanol–water partition coefficient (Wildman–Crippen LogP) is 2.24. The zero-order valence-corrected chi connectivity index (χ0v) is 11.5. The number of carbonyl (C=O) groups excluding carboxylic acids is 1. The number of nitrogens with one attached hydrogen (secondary N) is 2. The number of halogens is 1. The second-order valence-corrected chi connectivity index (χ2v) is 5.32. The Balaban J connectivity index is 1.82. The van der Waals surface area contributed by atoms with Gasteiger partial charge < -0.3 is 10.6 Å². The van der Waals surface area contributed by atoms with Crippen LogP contribution in [0.1, 0.15) is 28.8 Å². The lowest BCUT2D eigenvalue weighted by Gasteiger charge is -2.08. The van der Waals surface area contributed by atoms with E-state index in [1.54, 1.807) is 0 Å². The van der Waals surface area contributed by atoms with Gasteiger partial charge in [-0.25, -0.2) is 0 Å². The van der Waals surface area contributed by atoms with Crippen molar-refractivity contribution in [2.24, 2.45) is 0 Å². The fourth-order valence-electron chi connectivity index (χ4n) is 1.65. The zero-order valence-electron chi connectivity index (χ0n) is 9.92. The maximum Gasteiger partial charge on any atom is 0.252 e. The Morgan fingerprint density at radius 1 is 1.41 bits per heavy atom. The average molecular weight is 297 g/mol. The number of carbonyl (C=O) groups is 1. The summed E-state index contributed by atoms with van der Waals surface area (Å²) in [5, 5.41) is 6.28. The molecular weight excluding hydrogens is 280 g/mol. The van der Waals surface area contributed by atoms with E-state index in [1.807, 2.05) is 25.1 Å². The van der Waals surface area contributed by atoms with E-state index in [0.717, 1.165) is 16.6 Å². The summed E-state index contributed by atoms with van der Waals surface area (Å²) in [5.74, 6) is -0.0156. The van der Waals surface area contributed by atoms with Gasteiger partial charge in [-0.05, 0) is 47.8 Å². The minimum atomic E-state index is -0.0156. The number of aryl methyl sites for hydroxylation is 1. The summed E-state index contributed by atoms with van der Waals surface area (Å²) in [7, 11) is 0. The molecule has 1 aromatic carbocycles. The van der Waals surface area contributed by atoms with Crippen LogP contribution in [0, 0.1) is 6.92 Å². The molecule has 1 amide bonds. The highest BCUT2D eigenvalue weighted by molar-refractivity contribution is 9.10. The molecule has 2 N–H and O–H groups in total. The highest BCUT2D eigenvalue weighted by Gasteiger charge is 2.19. The first kappa shape index (κ1) is 12.6. The molecule has 3 nitrogen and oxygen atoms in total. The SMILES string of the molecule is Cc1ccc(Br)c(C(=O)NCCNC2CC2)c1. The molecule has 0 radical (unpaired) electrons. The van der Waals surface area contributed by atoms with Crippen LogP contribution in [-0.2, 0) is 0 Å². The van der Waals surface area contributed by atoms with Crippen molar-refractivity contribution in [2.75, 3.05) is 13.1 Å². The topological polar surface area (TPSA) is 41.1 Å². The first-order chi connectivity index (χ1) is 8.16. The lowest BCUT2D eigenvalue weighted by atomic mass is 10.1. The molecule has 0 aliphatic heterocycles. The van der Waals surface area contributed by atoms with Crippen molar-refractivity contribution in [3.05, 3.63) is 33.8 Å². The monoisotopic (exact) mass is 296 g/mol. The van der Waals surface area contributed by atoms with Crippen LogP contribution in [0.4, 0.5) is 0 Å². The van der Waals surface area contributed by atoms with Crippen LogP contribution in [-0.4, -0.2) is 25.0 Å². The molecule has 0 aromatic heterocycles. The number of rotatable bonds is 5. The van der Waals surface area contributed by atoms with Crippen LogP contribution in [0.2, 0.25) is 0 Å². The smallest absolute Gasteiger partial charge is 0.252 e. The van der Waals surface area contributed by atoms with Crippen molar-refractivity contribution in [3.63, 3.8) is 0 Å². The Kier molecular flexibility index (Phi) is 4.18. The Morgan fingerprint density at radius 2 is 2.18 bits per heavy atom. The fourth-order valence-corrected chi connectivity index (χ4v) is 2.07. The molecule has 1 aliphatic rings. The highest BCUT2D eigenvalue weighted by Crippen LogP contribution is 2.18. The van der Waals surface area contributed by atoms with Gasteiger partial charge in [0.2, 0.25) is 0 Å². The van der Waals surface area contributed by atoms with Crippen LogP contribution in [0.15, 0.2) is 22.7 Å². The van der Waals surface area contributed by atoms with Gasteiger partial charge in [-0.1, -0.05) is 11.6 Å². The van der Waals surface area contributed by atoms with E-state index in [4.69, 9.17) is 0 Å². The molecule has 1 aromatic rings. The van der Waals surface area contributed by atoms with Crippen molar-refractivity contribution in [3.8, 4) is 0 Å². The van der Waals surface area contributed by atoms with Crippen LogP contribution < -0.4 is 10.6 Å². The number of hydrogen-bond acceptors (Lipinski definition) is 2. The molecule has 0 unspecified atom stereocenters. The lowest BCUT2D eigenvalue weighted by Crippen LogP contribution is -2.32. The summed E-state index contributed by atoms with van der Waals surface area (Å²) in [5.41, 5.74) is 1.80. The van der Waals surface area contributed by atoms with Gasteiger partial charge in [-0.15, -0.1) is 0 Å². The van der Waals surface area contributed by atoms with E-state index in [9.17, 15) is 4.79 Å². The van der Waals surface area contributed by atoms with E-state index < -0.39 is 0 Å². The molecule has 0 atom stereocenters. The minimum absolute atomic E-state index is 0.0156. The van der Waals surface area contributed by atoms with Crippen molar-refractivity contribution < 1.29 is 4.79 Å². The Bertz CT molecular complexity index is 416. The van der Waals surface area contributed by atoms with Gasteiger partial charge in [0.15, 0.2) is 0 Å². The largest absolute Gasteiger partial charge is 0.351 e. The Morgan fingerprint density at radius 3 is 2.88 bits per heavy atom. The second kappa shape index (κ2) is 5.65. The van der Waals surface area contributed by atoms with Crippen molar-refractivity contribution in [2.45, 2.75) is 25.8 Å². The van der Waals surface area contributed by atoms with Gasteiger partial charge >= 0.3 is 0 Å². The van der Waals surface area contributed by atoms with E-state index >= 15 is 0 Å². The first-order valence-corrected chi connectivity index (χ1v) is 6.74. The third-order valence-electron chi connectivity index (χ3n) is 2.79. The van der Waals surface area contributed by atoms with E-state index in [1.165, 1.54) is 12.8 Å². The van der Waals surface area contributed by atoms with Crippen LogP contribution in [0.3, 0.4) is 0 Å². The van der Waals surface area contributed by atoms with E-state index in [0.29, 0.717) is 18.2 Å². The number of amides is 1. The summed E-state index contributed by atoms with van der Waals surface area (Å²) < 4.78 is 0.843. The minimum Gasteiger partial charge on any atom is -0.351 e. The highest BCUT2D eigenvalue weighted by atomic mass is 79.9. The van der Waals surface area contributed by atoms with E-state index in [-0.39, 0.29) is 5.91 Å². The third kappa shape index (κ3) is 3.82. The number of benzene rings is 1. The molecule has 0 spiro atoms. The van der Waals surface area contributed by atoms with Crippen molar-refractivity contribution in [1.29, 1.82) is 0 Å². The summed E-state index contributed by atoms with van der Waals surface area (Å²) in [6.07, 6.45) is 2.55. The Hall–Kier alpha value is -0.870. The first-order valence-electron chi connectivity index (χ1n) is 5.94. The summed E-state index contributed by atoms with van der Waals surface area (Å²) in [6.45, 7) is 3.51. The molecule has 0 heterocycles. The van der Waals surface area contributed by atoms with Crippen molar-refractivity contribution in [1.82, 2.24) is 10.6 Å². The third-order valence-corrected chi connectivity index (χ3v) is 3.48. The molecule has 1 saturated carbocycles. The van der Waals surface area contributed by atoms with Crippen LogP contribution in [0.5, 0.6) is 0 Å². The summed E-state index contributed by atoms with van der Waals surface area (Å²) in [6, 6.07) is 6.48. The maximum absolute atomic E-state index is 11.9. The van der Waals surface area contributed by atoms with Gasteiger partial charge in [0.25, 0.3) is 5.91 Å². The Labute approximate surface area is 110 Å². The fraction of sp³-hybridized carbons (Fsp3) is 0.462. The predicted molar refractivity (Wildman–Crippen MR) is 72.2 cm³/mol. The lowest BCUT2D eigenvalue weighted by molar-refractivity contribution is 0.0953. The quantitative estimate of drug-likeness (QED) is 0.818. The zero-order chi connectivity index (χ0) is 12.3. The van der Waals surface area contributed by atoms with Gasteiger partial charge in [0, 0.05) is 23.6 Å². The normalized spacial score (nSPS) is 14.7. The molecule has 1 fully saturated rings. The second-order valence-electron chi connectivity index (χ2n) is 4.47. The van der Waals surface area contributed by atoms with E-state index in [2.05, 4.69) is 26.6 Å². The molecule has 1 aliphatic carbocycles. The van der Waals surface area contributed by atoms with Crippen LogP contribution in [0.25, 0.3) is 0 Å².